The highest BCUT2D eigenvalue weighted by Crippen LogP contribution is 2.05. The van der Waals surface area contributed by atoms with Gasteiger partial charge in [0.2, 0.25) is 0 Å². The Kier molecular flexibility index (Phi) is 7.18. The van der Waals surface area contributed by atoms with Crippen LogP contribution in [0.5, 0.6) is 0 Å². The fraction of sp³-hybridized carbons (Fsp3) is 0.294. The van der Waals surface area contributed by atoms with Crippen LogP contribution in [0.1, 0.15) is 20.8 Å². The molecule has 19 heavy (non-hydrogen) atoms. The van der Waals surface area contributed by atoms with Crippen LogP contribution in [0.2, 0.25) is 0 Å². The quantitative estimate of drug-likeness (QED) is 0.833. The summed E-state index contributed by atoms with van der Waals surface area (Å²) >= 11 is 0. The first-order chi connectivity index (χ1) is 9.22. The highest BCUT2D eigenvalue weighted by molar-refractivity contribution is 5.43. The van der Waals surface area contributed by atoms with Gasteiger partial charge in [-0.05, 0) is 45.0 Å². The second-order valence-electron chi connectivity index (χ2n) is 4.56. The lowest BCUT2D eigenvalue weighted by atomic mass is 10.3. The van der Waals surface area contributed by atoms with Gasteiger partial charge in [0.25, 0.3) is 0 Å². The topological polar surface area (TPSA) is 24.1 Å². The first-order valence-corrected chi connectivity index (χ1v) is 6.83. The molecule has 2 rings (SSSR count). The van der Waals surface area contributed by atoms with Gasteiger partial charge in [-0.25, -0.2) is 0 Å². The van der Waals surface area contributed by atoms with E-state index < -0.39 is 0 Å². The van der Waals surface area contributed by atoms with E-state index >= 15 is 0 Å². The molecule has 2 nitrogen and oxygen atoms in total. The molecule has 2 N–H and O–H groups in total. The van der Waals surface area contributed by atoms with Gasteiger partial charge in [0.05, 0.1) is 0 Å². The standard InChI is InChI=1S/C9H13N.C8H11N/c1-8(2)10-9-6-4-3-5-7-9;1-2-9-8-6-4-3-5-7-8/h3-8,10H,1-2H3;3-7,9H,2H2,1H3. The van der Waals surface area contributed by atoms with Crippen molar-refractivity contribution in [3.05, 3.63) is 60.7 Å². The first kappa shape index (κ1) is 15.1. The van der Waals surface area contributed by atoms with Gasteiger partial charge in [0.15, 0.2) is 0 Å². The second kappa shape index (κ2) is 9.03. The lowest BCUT2D eigenvalue weighted by Crippen LogP contribution is -2.08. The molecule has 0 bridgehead atoms. The third kappa shape index (κ3) is 7.14. The average Bonchev–Trinajstić information content (AvgIpc) is 2.41. The Morgan fingerprint density at radius 3 is 1.68 bits per heavy atom. The molecule has 0 aliphatic carbocycles. The lowest BCUT2D eigenvalue weighted by Gasteiger charge is -2.08. The predicted octanol–water partition coefficient (Wildman–Crippen LogP) is 4.63. The Morgan fingerprint density at radius 2 is 1.26 bits per heavy atom. The maximum Gasteiger partial charge on any atom is 0.0342 e. The van der Waals surface area contributed by atoms with E-state index in [1.165, 1.54) is 11.4 Å². The molecule has 0 fully saturated rings. The normalized spacial score (nSPS) is 9.47. The minimum absolute atomic E-state index is 0.516. The molecule has 0 radical (unpaired) electrons. The predicted molar refractivity (Wildman–Crippen MR) is 85.8 cm³/mol. The van der Waals surface area contributed by atoms with Crippen LogP contribution < -0.4 is 10.6 Å². The Bertz CT molecular complexity index is 424. The zero-order valence-corrected chi connectivity index (χ0v) is 12.1. The largest absolute Gasteiger partial charge is 0.385 e. The molecular formula is C17H24N2. The maximum atomic E-state index is 3.30. The van der Waals surface area contributed by atoms with Crippen molar-refractivity contribution in [1.82, 2.24) is 0 Å². The highest BCUT2D eigenvalue weighted by Gasteiger charge is 1.90. The summed E-state index contributed by atoms with van der Waals surface area (Å²) in [6.45, 7) is 7.34. The van der Waals surface area contributed by atoms with Crippen molar-refractivity contribution in [1.29, 1.82) is 0 Å². The molecule has 102 valence electrons. The summed E-state index contributed by atoms with van der Waals surface area (Å²) in [5.41, 5.74) is 2.39. The van der Waals surface area contributed by atoms with Crippen LogP contribution >= 0.6 is 0 Å². The Hall–Kier alpha value is -1.96. The monoisotopic (exact) mass is 256 g/mol. The van der Waals surface area contributed by atoms with Gasteiger partial charge < -0.3 is 10.6 Å². The Balaban J connectivity index is 0.000000191. The molecule has 0 unspecified atom stereocenters. The minimum atomic E-state index is 0.516. The minimum Gasteiger partial charge on any atom is -0.385 e. The Labute approximate surface area is 116 Å². The summed E-state index contributed by atoms with van der Waals surface area (Å²) in [5, 5.41) is 6.51. The van der Waals surface area contributed by atoms with Gasteiger partial charge in [-0.3, -0.25) is 0 Å². The first-order valence-electron chi connectivity index (χ1n) is 6.83. The van der Waals surface area contributed by atoms with Gasteiger partial charge >= 0.3 is 0 Å². The zero-order valence-electron chi connectivity index (χ0n) is 12.1. The molecule has 0 aromatic heterocycles. The molecule has 0 spiro atoms. The number of para-hydroxylation sites is 2. The lowest BCUT2D eigenvalue weighted by molar-refractivity contribution is 0.900. The van der Waals surface area contributed by atoms with Crippen LogP contribution in [-0.2, 0) is 0 Å². The number of rotatable bonds is 4. The van der Waals surface area contributed by atoms with Crippen LogP contribution in [0.3, 0.4) is 0 Å². The fourth-order valence-electron chi connectivity index (χ4n) is 1.63. The van der Waals surface area contributed by atoms with Crippen molar-refractivity contribution in [2.75, 3.05) is 17.2 Å². The van der Waals surface area contributed by atoms with Gasteiger partial charge in [0, 0.05) is 24.0 Å². The molecule has 2 aromatic carbocycles. The summed E-state index contributed by atoms with van der Waals surface area (Å²) in [6, 6.07) is 20.9. The van der Waals surface area contributed by atoms with Crippen LogP contribution in [0, 0.1) is 0 Å². The van der Waals surface area contributed by atoms with Crippen molar-refractivity contribution in [2.24, 2.45) is 0 Å². The van der Waals surface area contributed by atoms with Gasteiger partial charge in [-0.15, -0.1) is 0 Å². The number of nitrogens with one attached hydrogen (secondary N) is 2. The van der Waals surface area contributed by atoms with E-state index in [9.17, 15) is 0 Å². The van der Waals surface area contributed by atoms with Gasteiger partial charge in [-0.2, -0.15) is 0 Å². The molecule has 0 aliphatic heterocycles. The van der Waals surface area contributed by atoms with Crippen LogP contribution in [-0.4, -0.2) is 12.6 Å². The molecule has 0 aliphatic rings. The van der Waals surface area contributed by atoms with E-state index in [1.54, 1.807) is 0 Å². The van der Waals surface area contributed by atoms with Gasteiger partial charge in [0.1, 0.15) is 0 Å². The third-order valence-corrected chi connectivity index (χ3v) is 2.38. The van der Waals surface area contributed by atoms with E-state index in [-0.39, 0.29) is 0 Å². The molecule has 0 saturated heterocycles. The van der Waals surface area contributed by atoms with Crippen molar-refractivity contribution < 1.29 is 0 Å². The highest BCUT2D eigenvalue weighted by atomic mass is 14.9. The van der Waals surface area contributed by atoms with Crippen molar-refractivity contribution in [2.45, 2.75) is 26.8 Å². The number of anilines is 2. The van der Waals surface area contributed by atoms with Crippen molar-refractivity contribution in [3.63, 3.8) is 0 Å². The molecule has 0 amide bonds. The molecule has 0 atom stereocenters. The third-order valence-electron chi connectivity index (χ3n) is 2.38. The smallest absolute Gasteiger partial charge is 0.0342 e. The summed E-state index contributed by atoms with van der Waals surface area (Å²) in [4.78, 5) is 0. The van der Waals surface area contributed by atoms with E-state index in [2.05, 4.69) is 55.7 Å². The zero-order chi connectivity index (χ0) is 13.9. The summed E-state index contributed by atoms with van der Waals surface area (Å²) in [7, 11) is 0. The number of hydrogen-bond donors (Lipinski definition) is 2. The van der Waals surface area contributed by atoms with Crippen LogP contribution in [0.15, 0.2) is 60.7 Å². The average molecular weight is 256 g/mol. The van der Waals surface area contributed by atoms with Gasteiger partial charge in [-0.1, -0.05) is 36.4 Å². The van der Waals surface area contributed by atoms with Crippen LogP contribution in [0.25, 0.3) is 0 Å². The number of hydrogen-bond acceptors (Lipinski definition) is 2. The van der Waals surface area contributed by atoms with Crippen molar-refractivity contribution in [3.8, 4) is 0 Å². The SMILES string of the molecule is CC(C)Nc1ccccc1.CCNc1ccccc1. The second-order valence-corrected chi connectivity index (χ2v) is 4.56. The fourth-order valence-corrected chi connectivity index (χ4v) is 1.63. The van der Waals surface area contributed by atoms with Crippen molar-refractivity contribution >= 4 is 11.4 Å². The molecule has 2 aromatic rings. The van der Waals surface area contributed by atoms with Crippen LogP contribution in [0.4, 0.5) is 11.4 Å². The van der Waals surface area contributed by atoms with E-state index in [0.717, 1.165) is 6.54 Å². The molecule has 0 saturated carbocycles. The molecule has 0 heterocycles. The van der Waals surface area contributed by atoms with E-state index in [1.807, 2.05) is 36.4 Å². The van der Waals surface area contributed by atoms with E-state index in [4.69, 9.17) is 0 Å². The van der Waals surface area contributed by atoms with E-state index in [0.29, 0.717) is 6.04 Å². The Morgan fingerprint density at radius 1 is 0.789 bits per heavy atom. The maximum absolute atomic E-state index is 3.30. The molecular weight excluding hydrogens is 232 g/mol. The summed E-state index contributed by atoms with van der Waals surface area (Å²) < 4.78 is 0. The summed E-state index contributed by atoms with van der Waals surface area (Å²) in [5.74, 6) is 0. The number of benzene rings is 2. The molecule has 2 heteroatoms. The summed E-state index contributed by atoms with van der Waals surface area (Å²) in [6.07, 6.45) is 0.